The summed E-state index contributed by atoms with van der Waals surface area (Å²) in [7, 11) is 1.67. The zero-order valence-electron chi connectivity index (χ0n) is 18.1. The van der Waals surface area contributed by atoms with Gasteiger partial charge in [0.1, 0.15) is 10.4 Å². The van der Waals surface area contributed by atoms with E-state index in [-0.39, 0.29) is 5.91 Å². The molecule has 0 aromatic carbocycles. The number of likely N-dealkylation sites (N-methyl/N-ethyl adjacent to an activating group) is 1. The summed E-state index contributed by atoms with van der Waals surface area (Å²) in [5, 5.41) is 8.72. The average molecular weight is 421 g/mol. The zero-order chi connectivity index (χ0) is 21.2. The lowest BCUT2D eigenvalue weighted by atomic mass is 9.96. The molecule has 1 aliphatic rings. The van der Waals surface area contributed by atoms with Crippen molar-refractivity contribution in [2.75, 3.05) is 20.1 Å². The number of carbonyl (C=O) groups excluding carboxylic acids is 2. The van der Waals surface area contributed by atoms with Crippen LogP contribution in [0.3, 0.4) is 0 Å². The van der Waals surface area contributed by atoms with Crippen molar-refractivity contribution in [1.82, 2.24) is 20.0 Å². The monoisotopic (exact) mass is 420 g/mol. The molecule has 7 nitrogen and oxygen atoms in total. The fraction of sp³-hybridized carbons (Fsp3) is 0.667. The second-order valence-corrected chi connectivity index (χ2v) is 9.84. The highest BCUT2D eigenvalue weighted by Crippen LogP contribution is 2.35. The van der Waals surface area contributed by atoms with Crippen molar-refractivity contribution in [3.05, 3.63) is 16.6 Å². The van der Waals surface area contributed by atoms with Crippen LogP contribution < -0.4 is 5.32 Å². The first-order chi connectivity index (χ1) is 13.7. The fourth-order valence-corrected chi connectivity index (χ4v) is 4.76. The highest BCUT2D eigenvalue weighted by atomic mass is 32.1. The van der Waals surface area contributed by atoms with E-state index in [2.05, 4.69) is 10.00 Å². The van der Waals surface area contributed by atoms with E-state index in [1.807, 2.05) is 33.8 Å². The number of nitrogens with zero attached hydrogens (tertiary/aromatic N) is 3. The normalized spacial score (nSPS) is 15.5. The minimum Gasteiger partial charge on any atom is -0.444 e. The smallest absolute Gasteiger partial charge is 0.410 e. The topological polar surface area (TPSA) is 76.5 Å². The molecule has 3 rings (SSSR count). The average Bonchev–Trinajstić information content (AvgIpc) is 3.21. The Labute approximate surface area is 176 Å². The van der Waals surface area contributed by atoms with E-state index in [9.17, 15) is 9.59 Å². The van der Waals surface area contributed by atoms with Crippen molar-refractivity contribution in [3.63, 3.8) is 0 Å². The molecule has 29 heavy (non-hydrogen) atoms. The van der Waals surface area contributed by atoms with E-state index >= 15 is 0 Å². The maximum absolute atomic E-state index is 12.6. The standard InChI is InChI=1S/C21H32N4O3S/c1-14-16-13-17(29-19(16)25(23-14)15-9-7-6-8-10-15)18(26)22-11-12-24(5)20(27)28-21(2,3)4/h13,15H,6-12H2,1-5H3,(H,22,26). The van der Waals surface area contributed by atoms with E-state index < -0.39 is 11.7 Å². The molecule has 160 valence electrons. The molecule has 0 radical (unpaired) electrons. The van der Waals surface area contributed by atoms with Gasteiger partial charge in [-0.05, 0) is 46.6 Å². The third-order valence-corrected chi connectivity index (χ3v) is 6.27. The molecule has 2 aromatic rings. The van der Waals surface area contributed by atoms with Crippen LogP contribution in [-0.2, 0) is 4.74 Å². The summed E-state index contributed by atoms with van der Waals surface area (Å²) < 4.78 is 7.46. The van der Waals surface area contributed by atoms with E-state index in [0.29, 0.717) is 24.0 Å². The Hall–Kier alpha value is -2.09. The summed E-state index contributed by atoms with van der Waals surface area (Å²) >= 11 is 1.50. The molecule has 0 bridgehead atoms. The van der Waals surface area contributed by atoms with Crippen LogP contribution in [0.25, 0.3) is 10.2 Å². The molecule has 1 saturated carbocycles. The van der Waals surface area contributed by atoms with Gasteiger partial charge in [-0.3, -0.25) is 9.48 Å². The van der Waals surface area contributed by atoms with E-state index in [1.54, 1.807) is 7.05 Å². The molecule has 1 fully saturated rings. The van der Waals surface area contributed by atoms with Crippen molar-refractivity contribution in [1.29, 1.82) is 0 Å². The summed E-state index contributed by atoms with van der Waals surface area (Å²) in [6.45, 7) is 8.26. The Morgan fingerprint density at radius 1 is 1.31 bits per heavy atom. The fourth-order valence-electron chi connectivity index (χ4n) is 3.61. The second-order valence-electron chi connectivity index (χ2n) is 8.81. The van der Waals surface area contributed by atoms with Crippen LogP contribution in [-0.4, -0.2) is 52.4 Å². The van der Waals surface area contributed by atoms with Gasteiger partial charge in [-0.2, -0.15) is 5.10 Å². The number of amides is 2. The first kappa shape index (κ1) is 21.6. The number of nitrogens with one attached hydrogen (secondary N) is 1. The highest BCUT2D eigenvalue weighted by Gasteiger charge is 2.23. The maximum Gasteiger partial charge on any atom is 0.410 e. The van der Waals surface area contributed by atoms with Gasteiger partial charge in [-0.15, -0.1) is 11.3 Å². The predicted octanol–water partition coefficient (Wildman–Crippen LogP) is 4.51. The largest absolute Gasteiger partial charge is 0.444 e. The van der Waals surface area contributed by atoms with Gasteiger partial charge in [0.2, 0.25) is 0 Å². The first-order valence-electron chi connectivity index (χ1n) is 10.4. The minimum atomic E-state index is -0.532. The number of rotatable bonds is 5. The number of fused-ring (bicyclic) bond motifs is 1. The molecule has 0 unspecified atom stereocenters. The number of ether oxygens (including phenoxy) is 1. The molecule has 0 spiro atoms. The van der Waals surface area contributed by atoms with Crippen molar-refractivity contribution in [2.24, 2.45) is 0 Å². The Balaban J connectivity index is 1.60. The Morgan fingerprint density at radius 3 is 2.66 bits per heavy atom. The summed E-state index contributed by atoms with van der Waals surface area (Å²) in [5.41, 5.74) is 0.445. The number of aryl methyl sites for hydroxylation is 1. The Bertz CT molecular complexity index is 874. The van der Waals surface area contributed by atoms with E-state index in [4.69, 9.17) is 9.84 Å². The van der Waals surface area contributed by atoms with E-state index in [1.165, 1.54) is 35.5 Å². The lowest BCUT2D eigenvalue weighted by molar-refractivity contribution is 0.0299. The van der Waals surface area contributed by atoms with Gasteiger partial charge in [-0.25, -0.2) is 4.79 Å². The molecule has 1 aliphatic carbocycles. The third kappa shape index (κ3) is 5.29. The number of hydrogen-bond acceptors (Lipinski definition) is 5. The molecular weight excluding hydrogens is 388 g/mol. The molecule has 0 atom stereocenters. The van der Waals surface area contributed by atoms with Crippen molar-refractivity contribution in [3.8, 4) is 0 Å². The van der Waals surface area contributed by atoms with Gasteiger partial charge in [-0.1, -0.05) is 19.3 Å². The molecule has 8 heteroatoms. The van der Waals surface area contributed by atoms with Gasteiger partial charge in [0.25, 0.3) is 5.91 Å². The molecule has 1 N–H and O–H groups in total. The van der Waals surface area contributed by atoms with Crippen LogP contribution in [0.2, 0.25) is 0 Å². The molecule has 2 aromatic heterocycles. The predicted molar refractivity (Wildman–Crippen MR) is 116 cm³/mol. The van der Waals surface area contributed by atoms with Gasteiger partial charge >= 0.3 is 6.09 Å². The number of carbonyl (C=O) groups is 2. The van der Waals surface area contributed by atoms with Gasteiger partial charge < -0.3 is 15.0 Å². The van der Waals surface area contributed by atoms with Gasteiger partial charge in [0.15, 0.2) is 0 Å². The summed E-state index contributed by atoms with van der Waals surface area (Å²) in [6.07, 6.45) is 5.72. The highest BCUT2D eigenvalue weighted by molar-refractivity contribution is 7.20. The van der Waals surface area contributed by atoms with Crippen molar-refractivity contribution in [2.45, 2.75) is 71.4 Å². The summed E-state index contributed by atoms with van der Waals surface area (Å²) in [4.78, 5) is 27.9. The van der Waals surface area contributed by atoms with Crippen LogP contribution in [0.15, 0.2) is 6.07 Å². The van der Waals surface area contributed by atoms with Gasteiger partial charge in [0.05, 0.1) is 16.6 Å². The number of aromatic nitrogens is 2. The summed E-state index contributed by atoms with van der Waals surface area (Å²) in [5.74, 6) is -0.113. The van der Waals surface area contributed by atoms with Crippen LogP contribution >= 0.6 is 11.3 Å². The zero-order valence-corrected chi connectivity index (χ0v) is 18.9. The second kappa shape index (κ2) is 8.73. The summed E-state index contributed by atoms with van der Waals surface area (Å²) in [6, 6.07) is 2.38. The lowest BCUT2D eigenvalue weighted by Crippen LogP contribution is -2.39. The van der Waals surface area contributed by atoms with Crippen LogP contribution in [0.4, 0.5) is 4.79 Å². The number of thiophene rings is 1. The molecule has 2 amide bonds. The quantitative estimate of drug-likeness (QED) is 0.772. The number of hydrogen-bond donors (Lipinski definition) is 1. The first-order valence-corrected chi connectivity index (χ1v) is 11.2. The molecule has 0 saturated heterocycles. The van der Waals surface area contributed by atoms with Crippen LogP contribution in [0, 0.1) is 6.92 Å². The Kier molecular flexibility index (Phi) is 6.51. The SMILES string of the molecule is Cc1nn(C2CCCCC2)c2sc(C(=O)NCCN(C)C(=O)OC(C)(C)C)cc12. The molecule has 0 aliphatic heterocycles. The van der Waals surface area contributed by atoms with Crippen LogP contribution in [0.5, 0.6) is 0 Å². The Morgan fingerprint density at radius 2 is 2.00 bits per heavy atom. The van der Waals surface area contributed by atoms with E-state index in [0.717, 1.165) is 28.8 Å². The van der Waals surface area contributed by atoms with Crippen LogP contribution in [0.1, 0.15) is 74.3 Å². The molecule has 2 heterocycles. The molecular formula is C21H32N4O3S. The van der Waals surface area contributed by atoms with Crippen molar-refractivity contribution >= 4 is 33.6 Å². The lowest BCUT2D eigenvalue weighted by Gasteiger charge is -2.24. The maximum atomic E-state index is 12.6. The van der Waals surface area contributed by atoms with Crippen molar-refractivity contribution < 1.29 is 14.3 Å². The minimum absolute atomic E-state index is 0.113. The third-order valence-electron chi connectivity index (χ3n) is 5.15. The van der Waals surface area contributed by atoms with Gasteiger partial charge in [0, 0.05) is 25.5 Å².